The number of rotatable bonds is 5. The van der Waals surface area contributed by atoms with E-state index in [4.69, 9.17) is 21.1 Å². The number of aliphatic hydroxyl groups is 1. The normalized spacial score (nSPS) is 17.1. The van der Waals surface area contributed by atoms with Crippen molar-refractivity contribution < 1.29 is 29.3 Å². The number of halogens is 1. The molecule has 2 N–H and O–H groups in total. The zero-order valence-electron chi connectivity index (χ0n) is 19.6. The lowest BCUT2D eigenvalue weighted by Gasteiger charge is -2.26. The van der Waals surface area contributed by atoms with Crippen LogP contribution in [0.5, 0.6) is 17.2 Å². The van der Waals surface area contributed by atoms with Crippen LogP contribution in [0.4, 0.5) is 5.69 Å². The fourth-order valence-electron chi connectivity index (χ4n) is 4.41. The Hall–Kier alpha value is -3.97. The van der Waals surface area contributed by atoms with Crippen LogP contribution in [0.1, 0.15) is 28.3 Å². The lowest BCUT2D eigenvalue weighted by atomic mass is 9.93. The van der Waals surface area contributed by atoms with Gasteiger partial charge in [-0.2, -0.15) is 0 Å². The van der Waals surface area contributed by atoms with Gasteiger partial charge in [-0.1, -0.05) is 29.8 Å². The second-order valence-electron chi connectivity index (χ2n) is 8.24. The molecule has 3 aromatic carbocycles. The first kappa shape index (κ1) is 24.2. The van der Waals surface area contributed by atoms with Gasteiger partial charge in [0.1, 0.15) is 23.0 Å². The average Bonchev–Trinajstić information content (AvgIpc) is 3.10. The smallest absolute Gasteiger partial charge is 0.300 e. The highest BCUT2D eigenvalue weighted by Gasteiger charge is 2.47. The standard InChI is InChI=1S/C27H24ClNO6/c1-14-10-15(2)26(35-4)19(11-14)24(31)22-23(16-8-9-21(30)20(28)12-16)29(27(33)25(22)32)17-6-5-7-18(13-17)34-3/h5-13,23,30-31H,1-4H3/b24-22+. The number of hydrogen-bond donors (Lipinski definition) is 2. The Morgan fingerprint density at radius 2 is 1.74 bits per heavy atom. The Balaban J connectivity index is 2.03. The van der Waals surface area contributed by atoms with Gasteiger partial charge < -0.3 is 19.7 Å². The number of amides is 1. The maximum atomic E-state index is 13.4. The van der Waals surface area contributed by atoms with E-state index in [0.29, 0.717) is 28.3 Å². The number of Topliss-reactive ketones (excluding diaryl/α,β-unsaturated/α-hetero) is 1. The summed E-state index contributed by atoms with van der Waals surface area (Å²) in [5, 5.41) is 21.5. The molecule has 1 heterocycles. The van der Waals surface area contributed by atoms with Crippen LogP contribution in [0.3, 0.4) is 0 Å². The Kier molecular flexibility index (Phi) is 6.45. The zero-order valence-corrected chi connectivity index (χ0v) is 20.4. The highest BCUT2D eigenvalue weighted by Crippen LogP contribution is 2.45. The molecule has 1 amide bonds. The predicted octanol–water partition coefficient (Wildman–Crippen LogP) is 5.31. The van der Waals surface area contributed by atoms with Crippen LogP contribution >= 0.6 is 11.6 Å². The van der Waals surface area contributed by atoms with Gasteiger partial charge in [0.25, 0.3) is 11.7 Å². The number of ether oxygens (including phenoxy) is 2. The molecule has 7 nitrogen and oxygen atoms in total. The lowest BCUT2D eigenvalue weighted by molar-refractivity contribution is -0.132. The van der Waals surface area contributed by atoms with E-state index in [2.05, 4.69) is 0 Å². The Morgan fingerprint density at radius 1 is 1.00 bits per heavy atom. The van der Waals surface area contributed by atoms with Crippen molar-refractivity contribution in [2.75, 3.05) is 19.1 Å². The van der Waals surface area contributed by atoms with Crippen molar-refractivity contribution in [3.8, 4) is 17.2 Å². The molecule has 1 saturated heterocycles. The number of aryl methyl sites for hydroxylation is 2. The van der Waals surface area contributed by atoms with Crippen molar-refractivity contribution in [1.29, 1.82) is 0 Å². The van der Waals surface area contributed by atoms with E-state index in [0.717, 1.165) is 11.1 Å². The number of phenolic OH excluding ortho intramolecular Hbond substituents is 1. The summed E-state index contributed by atoms with van der Waals surface area (Å²) in [5.41, 5.74) is 2.61. The van der Waals surface area contributed by atoms with Crippen LogP contribution in [-0.4, -0.2) is 36.1 Å². The third kappa shape index (κ3) is 4.19. The molecule has 180 valence electrons. The average molecular weight is 494 g/mol. The predicted molar refractivity (Wildman–Crippen MR) is 133 cm³/mol. The van der Waals surface area contributed by atoms with Gasteiger partial charge in [0.15, 0.2) is 0 Å². The molecule has 0 aliphatic carbocycles. The maximum Gasteiger partial charge on any atom is 0.300 e. The zero-order chi connectivity index (χ0) is 25.4. The van der Waals surface area contributed by atoms with Gasteiger partial charge in [0.2, 0.25) is 0 Å². The number of anilines is 1. The quantitative estimate of drug-likeness (QED) is 0.284. The Bertz CT molecular complexity index is 1380. The number of aliphatic hydroxyl groups excluding tert-OH is 1. The van der Waals surface area contributed by atoms with Gasteiger partial charge >= 0.3 is 0 Å². The molecule has 0 spiro atoms. The molecule has 1 unspecified atom stereocenters. The highest BCUT2D eigenvalue weighted by atomic mass is 35.5. The monoisotopic (exact) mass is 493 g/mol. The van der Waals surface area contributed by atoms with E-state index in [1.54, 1.807) is 36.4 Å². The van der Waals surface area contributed by atoms with Crippen molar-refractivity contribution in [2.45, 2.75) is 19.9 Å². The summed E-state index contributed by atoms with van der Waals surface area (Å²) in [6, 6.07) is 13.7. The molecule has 1 fully saturated rings. The molecule has 8 heteroatoms. The summed E-state index contributed by atoms with van der Waals surface area (Å²) >= 11 is 6.18. The fraction of sp³-hybridized carbons (Fsp3) is 0.185. The molecule has 0 bridgehead atoms. The number of carbonyl (C=O) groups is 2. The summed E-state index contributed by atoms with van der Waals surface area (Å²) in [6.45, 7) is 3.68. The van der Waals surface area contributed by atoms with Crippen LogP contribution in [-0.2, 0) is 9.59 Å². The van der Waals surface area contributed by atoms with Crippen LogP contribution in [0, 0.1) is 13.8 Å². The van der Waals surface area contributed by atoms with Gasteiger partial charge in [0, 0.05) is 11.8 Å². The van der Waals surface area contributed by atoms with E-state index in [1.807, 2.05) is 19.9 Å². The minimum Gasteiger partial charge on any atom is -0.507 e. The number of benzene rings is 3. The molecule has 1 atom stereocenters. The third-order valence-electron chi connectivity index (χ3n) is 5.94. The highest BCUT2D eigenvalue weighted by molar-refractivity contribution is 6.51. The summed E-state index contributed by atoms with van der Waals surface area (Å²) in [5.74, 6) is -1.32. The van der Waals surface area contributed by atoms with Crippen LogP contribution in [0.15, 0.2) is 60.2 Å². The number of carbonyl (C=O) groups excluding carboxylic acids is 2. The SMILES string of the molecule is COc1cccc(N2C(=O)C(=O)/C(=C(/O)c3cc(C)cc(C)c3OC)C2c2ccc(O)c(Cl)c2)c1. The first-order chi connectivity index (χ1) is 16.7. The molecule has 0 saturated carbocycles. The van der Waals surface area contributed by atoms with E-state index >= 15 is 0 Å². The van der Waals surface area contributed by atoms with Crippen LogP contribution in [0.25, 0.3) is 5.76 Å². The molecular formula is C27H24ClNO6. The molecule has 0 aromatic heterocycles. The first-order valence-electron chi connectivity index (χ1n) is 10.8. The summed E-state index contributed by atoms with van der Waals surface area (Å²) in [4.78, 5) is 28.0. The molecule has 35 heavy (non-hydrogen) atoms. The first-order valence-corrected chi connectivity index (χ1v) is 11.1. The summed E-state index contributed by atoms with van der Waals surface area (Å²) < 4.78 is 10.8. The third-order valence-corrected chi connectivity index (χ3v) is 6.24. The molecular weight excluding hydrogens is 470 g/mol. The Morgan fingerprint density at radius 3 is 2.40 bits per heavy atom. The second-order valence-corrected chi connectivity index (χ2v) is 8.65. The van der Waals surface area contributed by atoms with E-state index in [-0.39, 0.29) is 22.1 Å². The number of phenols is 1. The van der Waals surface area contributed by atoms with Gasteiger partial charge in [-0.05, 0) is 60.9 Å². The molecule has 1 aliphatic heterocycles. The molecule has 3 aromatic rings. The molecule has 4 rings (SSSR count). The fourth-order valence-corrected chi connectivity index (χ4v) is 4.60. The maximum absolute atomic E-state index is 13.4. The largest absolute Gasteiger partial charge is 0.507 e. The summed E-state index contributed by atoms with van der Waals surface area (Å²) in [6.07, 6.45) is 0. The van der Waals surface area contributed by atoms with E-state index in [1.165, 1.54) is 31.3 Å². The van der Waals surface area contributed by atoms with Crippen molar-refractivity contribution in [3.05, 3.63) is 87.4 Å². The lowest BCUT2D eigenvalue weighted by Crippen LogP contribution is -2.29. The Labute approximate surface area is 207 Å². The topological polar surface area (TPSA) is 96.3 Å². The molecule has 1 aliphatic rings. The number of methoxy groups -OCH3 is 2. The van der Waals surface area contributed by atoms with Gasteiger partial charge in [-0.25, -0.2) is 0 Å². The number of aromatic hydroxyl groups is 1. The van der Waals surface area contributed by atoms with Gasteiger partial charge in [-0.15, -0.1) is 0 Å². The second kappa shape index (κ2) is 9.35. The van der Waals surface area contributed by atoms with Crippen molar-refractivity contribution >= 4 is 34.7 Å². The van der Waals surface area contributed by atoms with Gasteiger partial charge in [-0.3, -0.25) is 14.5 Å². The van der Waals surface area contributed by atoms with Crippen molar-refractivity contribution in [3.63, 3.8) is 0 Å². The number of hydrogen-bond acceptors (Lipinski definition) is 6. The minimum atomic E-state index is -1.02. The minimum absolute atomic E-state index is 0.0442. The van der Waals surface area contributed by atoms with Crippen LogP contribution < -0.4 is 14.4 Å². The number of ketones is 1. The van der Waals surface area contributed by atoms with E-state index in [9.17, 15) is 19.8 Å². The summed E-state index contributed by atoms with van der Waals surface area (Å²) in [7, 11) is 2.97. The van der Waals surface area contributed by atoms with Gasteiger partial charge in [0.05, 0.1) is 36.4 Å². The van der Waals surface area contributed by atoms with E-state index < -0.39 is 17.7 Å². The molecule has 0 radical (unpaired) electrons. The van der Waals surface area contributed by atoms with Crippen molar-refractivity contribution in [1.82, 2.24) is 0 Å². The van der Waals surface area contributed by atoms with Crippen LogP contribution in [0.2, 0.25) is 5.02 Å². The van der Waals surface area contributed by atoms with Crippen molar-refractivity contribution in [2.24, 2.45) is 0 Å². The number of nitrogens with zero attached hydrogens (tertiary/aromatic N) is 1.